The van der Waals surface area contributed by atoms with Gasteiger partial charge in [0.2, 0.25) is 5.91 Å². The molecule has 180 valence electrons. The Labute approximate surface area is 207 Å². The monoisotopic (exact) mass is 467 g/mol. The molecule has 1 aromatic heterocycles. The summed E-state index contributed by atoms with van der Waals surface area (Å²) in [5.74, 6) is 2.54. The summed E-state index contributed by atoms with van der Waals surface area (Å²) in [6.45, 7) is 10.4. The van der Waals surface area contributed by atoms with Crippen molar-refractivity contribution in [3.8, 4) is 5.75 Å². The van der Waals surface area contributed by atoms with Crippen molar-refractivity contribution in [3.05, 3.63) is 89.2 Å². The van der Waals surface area contributed by atoms with E-state index in [0.29, 0.717) is 32.0 Å². The number of para-hydroxylation sites is 2. The van der Waals surface area contributed by atoms with Crippen LogP contribution in [0, 0.1) is 13.8 Å². The SMILES string of the molecule is Cc1ccc(C)c(N2CC(c3nc4ccccc4n3CCOc3ccc(C(C)C)cc3)CC2=O)c1. The number of carbonyl (C=O) groups is 1. The number of aryl methyl sites for hydroxylation is 2. The number of hydrogen-bond donors (Lipinski definition) is 0. The van der Waals surface area contributed by atoms with Gasteiger partial charge >= 0.3 is 0 Å². The summed E-state index contributed by atoms with van der Waals surface area (Å²) < 4.78 is 8.33. The van der Waals surface area contributed by atoms with E-state index in [1.54, 1.807) is 0 Å². The van der Waals surface area contributed by atoms with Gasteiger partial charge in [-0.2, -0.15) is 0 Å². The fourth-order valence-corrected chi connectivity index (χ4v) is 4.97. The van der Waals surface area contributed by atoms with Crippen LogP contribution in [-0.2, 0) is 11.3 Å². The number of anilines is 1. The van der Waals surface area contributed by atoms with Crippen molar-refractivity contribution < 1.29 is 9.53 Å². The Morgan fingerprint density at radius 1 is 1.03 bits per heavy atom. The molecule has 1 aliphatic rings. The summed E-state index contributed by atoms with van der Waals surface area (Å²) in [7, 11) is 0. The van der Waals surface area contributed by atoms with E-state index >= 15 is 0 Å². The zero-order valence-corrected chi connectivity index (χ0v) is 21.0. The van der Waals surface area contributed by atoms with E-state index in [1.165, 1.54) is 5.56 Å². The predicted octanol–water partition coefficient (Wildman–Crippen LogP) is 6.38. The van der Waals surface area contributed by atoms with Gasteiger partial charge < -0.3 is 14.2 Å². The zero-order chi connectivity index (χ0) is 24.5. The van der Waals surface area contributed by atoms with Crippen molar-refractivity contribution in [2.24, 2.45) is 0 Å². The summed E-state index contributed by atoms with van der Waals surface area (Å²) in [5.41, 5.74) is 6.64. The highest BCUT2D eigenvalue weighted by molar-refractivity contribution is 5.97. The lowest BCUT2D eigenvalue weighted by Crippen LogP contribution is -2.25. The van der Waals surface area contributed by atoms with E-state index < -0.39 is 0 Å². The molecule has 3 aromatic carbocycles. The Morgan fingerprint density at radius 3 is 2.57 bits per heavy atom. The summed E-state index contributed by atoms with van der Waals surface area (Å²) >= 11 is 0. The van der Waals surface area contributed by atoms with Crippen LogP contribution in [0.25, 0.3) is 11.0 Å². The minimum atomic E-state index is 0.0418. The van der Waals surface area contributed by atoms with Crippen LogP contribution < -0.4 is 9.64 Å². The number of carbonyl (C=O) groups excluding carboxylic acids is 1. The molecule has 35 heavy (non-hydrogen) atoms. The maximum Gasteiger partial charge on any atom is 0.227 e. The lowest BCUT2D eigenvalue weighted by Gasteiger charge is -2.20. The van der Waals surface area contributed by atoms with Gasteiger partial charge in [0.15, 0.2) is 0 Å². The molecule has 5 nitrogen and oxygen atoms in total. The minimum Gasteiger partial charge on any atom is -0.492 e. The smallest absolute Gasteiger partial charge is 0.227 e. The number of amides is 1. The molecule has 5 rings (SSSR count). The number of benzene rings is 3. The normalized spacial score (nSPS) is 16.0. The molecule has 1 unspecified atom stereocenters. The molecule has 1 aliphatic heterocycles. The van der Waals surface area contributed by atoms with E-state index in [1.807, 2.05) is 35.2 Å². The van der Waals surface area contributed by atoms with Crippen LogP contribution in [0.15, 0.2) is 66.7 Å². The molecule has 0 bridgehead atoms. The van der Waals surface area contributed by atoms with Gasteiger partial charge in [-0.05, 0) is 66.8 Å². The largest absolute Gasteiger partial charge is 0.492 e. The summed E-state index contributed by atoms with van der Waals surface area (Å²) in [4.78, 5) is 20.0. The maximum absolute atomic E-state index is 13.1. The molecule has 1 saturated heterocycles. The molecule has 1 atom stereocenters. The van der Waals surface area contributed by atoms with E-state index in [-0.39, 0.29) is 11.8 Å². The van der Waals surface area contributed by atoms with Gasteiger partial charge in [0.1, 0.15) is 18.2 Å². The predicted molar refractivity (Wildman–Crippen MR) is 141 cm³/mol. The molecule has 0 spiro atoms. The number of aromatic nitrogens is 2. The minimum absolute atomic E-state index is 0.0418. The molecule has 1 fully saturated rings. The van der Waals surface area contributed by atoms with Gasteiger partial charge in [0.05, 0.1) is 17.6 Å². The van der Waals surface area contributed by atoms with Gasteiger partial charge in [-0.1, -0.05) is 50.2 Å². The lowest BCUT2D eigenvalue weighted by molar-refractivity contribution is -0.117. The van der Waals surface area contributed by atoms with E-state index in [9.17, 15) is 4.79 Å². The highest BCUT2D eigenvalue weighted by atomic mass is 16.5. The molecule has 0 radical (unpaired) electrons. The number of fused-ring (bicyclic) bond motifs is 1. The highest BCUT2D eigenvalue weighted by Gasteiger charge is 2.35. The third kappa shape index (κ3) is 4.68. The molecular weight excluding hydrogens is 434 g/mol. The number of hydrogen-bond acceptors (Lipinski definition) is 3. The first-order valence-corrected chi connectivity index (χ1v) is 12.5. The molecular formula is C30H33N3O2. The van der Waals surface area contributed by atoms with Crippen molar-refractivity contribution in [1.82, 2.24) is 9.55 Å². The van der Waals surface area contributed by atoms with Gasteiger partial charge in [0, 0.05) is 24.6 Å². The summed E-state index contributed by atoms with van der Waals surface area (Å²) in [6.07, 6.45) is 0.466. The van der Waals surface area contributed by atoms with Gasteiger partial charge in [0.25, 0.3) is 0 Å². The van der Waals surface area contributed by atoms with Crippen LogP contribution in [0.3, 0.4) is 0 Å². The molecule has 2 heterocycles. The maximum atomic E-state index is 13.1. The van der Waals surface area contributed by atoms with Crippen molar-refractivity contribution >= 4 is 22.6 Å². The second kappa shape index (κ2) is 9.57. The average molecular weight is 468 g/mol. The molecule has 0 saturated carbocycles. The van der Waals surface area contributed by atoms with Crippen LogP contribution in [0.2, 0.25) is 0 Å². The Bertz CT molecular complexity index is 1350. The Balaban J connectivity index is 1.38. The first-order chi connectivity index (χ1) is 16.9. The second-order valence-electron chi connectivity index (χ2n) is 9.88. The molecule has 4 aromatic rings. The van der Waals surface area contributed by atoms with E-state index in [0.717, 1.165) is 39.4 Å². The van der Waals surface area contributed by atoms with Crippen molar-refractivity contribution in [1.29, 1.82) is 0 Å². The van der Waals surface area contributed by atoms with Crippen LogP contribution >= 0.6 is 0 Å². The van der Waals surface area contributed by atoms with Crippen LogP contribution in [0.4, 0.5) is 5.69 Å². The molecule has 1 amide bonds. The standard InChI is InChI=1S/C30H33N3O2/c1-20(2)23-11-13-25(14-12-23)35-16-15-32-27-8-6-5-7-26(27)31-30(32)24-18-29(34)33(19-24)28-17-21(3)9-10-22(28)4/h5-14,17,20,24H,15-16,18-19H2,1-4H3. The Morgan fingerprint density at radius 2 is 1.80 bits per heavy atom. The Hall–Kier alpha value is -3.60. The van der Waals surface area contributed by atoms with Crippen molar-refractivity contribution in [2.75, 3.05) is 18.1 Å². The molecule has 0 N–H and O–H groups in total. The van der Waals surface area contributed by atoms with Crippen molar-refractivity contribution in [3.63, 3.8) is 0 Å². The molecule has 5 heteroatoms. The van der Waals surface area contributed by atoms with E-state index in [2.05, 4.69) is 68.7 Å². The van der Waals surface area contributed by atoms with Crippen molar-refractivity contribution in [2.45, 2.75) is 52.5 Å². The Kier molecular flexibility index (Phi) is 6.33. The summed E-state index contributed by atoms with van der Waals surface area (Å²) in [6, 6.07) is 22.8. The lowest BCUT2D eigenvalue weighted by atomic mass is 10.0. The highest BCUT2D eigenvalue weighted by Crippen LogP contribution is 2.35. The third-order valence-corrected chi connectivity index (χ3v) is 6.96. The fourth-order valence-electron chi connectivity index (χ4n) is 4.97. The van der Waals surface area contributed by atoms with Gasteiger partial charge in [-0.3, -0.25) is 4.79 Å². The van der Waals surface area contributed by atoms with Gasteiger partial charge in [-0.15, -0.1) is 0 Å². The number of rotatable bonds is 7. The average Bonchev–Trinajstić information content (AvgIpc) is 3.41. The first kappa shape index (κ1) is 23.2. The quantitative estimate of drug-likeness (QED) is 0.317. The van der Waals surface area contributed by atoms with Gasteiger partial charge in [-0.25, -0.2) is 4.98 Å². The number of nitrogens with zero attached hydrogens (tertiary/aromatic N) is 3. The van der Waals surface area contributed by atoms with Crippen LogP contribution in [0.5, 0.6) is 5.75 Å². The third-order valence-electron chi connectivity index (χ3n) is 6.96. The number of imidazole rings is 1. The fraction of sp³-hybridized carbons (Fsp3) is 0.333. The zero-order valence-electron chi connectivity index (χ0n) is 21.0. The van der Waals surface area contributed by atoms with Crippen LogP contribution in [-0.4, -0.2) is 28.6 Å². The molecule has 0 aliphatic carbocycles. The topological polar surface area (TPSA) is 47.4 Å². The number of ether oxygens (including phenoxy) is 1. The summed E-state index contributed by atoms with van der Waals surface area (Å²) in [5, 5.41) is 0. The second-order valence-corrected chi connectivity index (χ2v) is 9.88. The van der Waals surface area contributed by atoms with Crippen LogP contribution in [0.1, 0.15) is 54.6 Å². The van der Waals surface area contributed by atoms with E-state index in [4.69, 9.17) is 9.72 Å². The first-order valence-electron chi connectivity index (χ1n) is 12.5.